The number of aliphatic imine (C=N–C) groups is 1. The Hall–Kier alpha value is -0.370. The molecular weight excluding hydrogens is 186 g/mol. The van der Waals surface area contributed by atoms with Gasteiger partial charge in [0.25, 0.3) is 0 Å². The molecule has 1 aliphatic rings. The van der Waals surface area contributed by atoms with Crippen molar-refractivity contribution in [3.8, 4) is 0 Å². The molecule has 0 saturated heterocycles. The summed E-state index contributed by atoms with van der Waals surface area (Å²) in [4.78, 5) is 4.16. The standard InChI is InChI=1S/C13H25NO/c1-12(2,3)13(10-15)8-5-6-11(14-4)7-9-13/h11,15H,4-10H2,1-3H3. The molecule has 1 N–H and O–H groups in total. The van der Waals surface area contributed by atoms with Crippen LogP contribution in [0.4, 0.5) is 0 Å². The molecule has 2 heteroatoms. The van der Waals surface area contributed by atoms with Gasteiger partial charge in [0.2, 0.25) is 0 Å². The van der Waals surface area contributed by atoms with Gasteiger partial charge in [-0.3, -0.25) is 4.99 Å². The van der Waals surface area contributed by atoms with Gasteiger partial charge in [0.1, 0.15) is 0 Å². The van der Waals surface area contributed by atoms with Crippen LogP contribution in [0.1, 0.15) is 52.9 Å². The zero-order chi connectivity index (χ0) is 11.5. The van der Waals surface area contributed by atoms with E-state index in [2.05, 4.69) is 32.5 Å². The highest BCUT2D eigenvalue weighted by Crippen LogP contribution is 2.48. The molecule has 0 aromatic heterocycles. The van der Waals surface area contributed by atoms with Gasteiger partial charge in [-0.15, -0.1) is 0 Å². The molecule has 1 fully saturated rings. The largest absolute Gasteiger partial charge is 0.396 e. The highest BCUT2D eigenvalue weighted by atomic mass is 16.3. The maximum absolute atomic E-state index is 9.71. The third-order valence-electron chi connectivity index (χ3n) is 4.30. The van der Waals surface area contributed by atoms with Crippen molar-refractivity contribution in [2.45, 2.75) is 58.9 Å². The van der Waals surface area contributed by atoms with Crippen molar-refractivity contribution in [2.24, 2.45) is 15.8 Å². The zero-order valence-corrected chi connectivity index (χ0v) is 10.4. The number of hydrogen-bond donors (Lipinski definition) is 1. The topological polar surface area (TPSA) is 32.6 Å². The van der Waals surface area contributed by atoms with Crippen molar-refractivity contribution in [1.82, 2.24) is 0 Å². The van der Waals surface area contributed by atoms with E-state index in [-0.39, 0.29) is 10.8 Å². The second-order valence-corrected chi connectivity index (χ2v) is 5.96. The highest BCUT2D eigenvalue weighted by Gasteiger charge is 2.42. The van der Waals surface area contributed by atoms with Gasteiger partial charge in [-0.1, -0.05) is 27.2 Å². The Kier molecular flexibility index (Phi) is 3.93. The van der Waals surface area contributed by atoms with E-state index < -0.39 is 0 Å². The molecule has 1 saturated carbocycles. The number of rotatable bonds is 2. The van der Waals surface area contributed by atoms with Crippen LogP contribution in [0.15, 0.2) is 4.99 Å². The molecule has 2 atom stereocenters. The van der Waals surface area contributed by atoms with Gasteiger partial charge in [0, 0.05) is 12.6 Å². The first-order valence-electron chi connectivity index (χ1n) is 6.02. The summed E-state index contributed by atoms with van der Waals surface area (Å²) in [7, 11) is 0. The molecule has 0 aromatic rings. The molecule has 0 bridgehead atoms. The van der Waals surface area contributed by atoms with Crippen LogP contribution in [0.2, 0.25) is 0 Å². The molecular formula is C13H25NO. The maximum atomic E-state index is 9.71. The minimum atomic E-state index is 0.0897. The minimum absolute atomic E-state index is 0.0897. The van der Waals surface area contributed by atoms with E-state index in [1.807, 2.05) is 0 Å². The number of aliphatic hydroxyl groups excluding tert-OH is 1. The monoisotopic (exact) mass is 211 g/mol. The van der Waals surface area contributed by atoms with E-state index in [4.69, 9.17) is 0 Å². The van der Waals surface area contributed by atoms with Gasteiger partial charge in [0.05, 0.1) is 0 Å². The van der Waals surface area contributed by atoms with Gasteiger partial charge in [0.15, 0.2) is 0 Å². The smallest absolute Gasteiger partial charge is 0.0492 e. The molecule has 0 aliphatic heterocycles. The number of nitrogens with zero attached hydrogens (tertiary/aromatic N) is 1. The van der Waals surface area contributed by atoms with Crippen LogP contribution >= 0.6 is 0 Å². The molecule has 88 valence electrons. The molecule has 15 heavy (non-hydrogen) atoms. The molecule has 1 aliphatic carbocycles. The summed E-state index contributed by atoms with van der Waals surface area (Å²) in [5, 5.41) is 9.71. The predicted molar refractivity (Wildman–Crippen MR) is 65.4 cm³/mol. The van der Waals surface area contributed by atoms with Gasteiger partial charge in [-0.05, 0) is 43.2 Å². The first-order chi connectivity index (χ1) is 6.95. The Bertz CT molecular complexity index is 219. The first-order valence-corrected chi connectivity index (χ1v) is 6.02. The van der Waals surface area contributed by atoms with Crippen molar-refractivity contribution in [3.63, 3.8) is 0 Å². The summed E-state index contributed by atoms with van der Waals surface area (Å²) in [6.45, 7) is 10.7. The van der Waals surface area contributed by atoms with Crippen molar-refractivity contribution >= 4 is 6.72 Å². The van der Waals surface area contributed by atoms with E-state index in [1.165, 1.54) is 6.42 Å². The average Bonchev–Trinajstić information content (AvgIpc) is 2.38. The van der Waals surface area contributed by atoms with Gasteiger partial charge in [-0.2, -0.15) is 0 Å². The zero-order valence-electron chi connectivity index (χ0n) is 10.4. The average molecular weight is 211 g/mol. The Balaban J connectivity index is 2.79. The van der Waals surface area contributed by atoms with Crippen LogP contribution < -0.4 is 0 Å². The van der Waals surface area contributed by atoms with Crippen molar-refractivity contribution in [2.75, 3.05) is 6.61 Å². The molecule has 2 nitrogen and oxygen atoms in total. The Labute approximate surface area is 93.8 Å². The van der Waals surface area contributed by atoms with Crippen LogP contribution in [-0.2, 0) is 0 Å². The molecule has 0 aromatic carbocycles. The van der Waals surface area contributed by atoms with Gasteiger partial charge >= 0.3 is 0 Å². The van der Waals surface area contributed by atoms with E-state index >= 15 is 0 Å². The van der Waals surface area contributed by atoms with Crippen LogP contribution in [0, 0.1) is 10.8 Å². The third-order valence-corrected chi connectivity index (χ3v) is 4.30. The fourth-order valence-corrected chi connectivity index (χ4v) is 2.72. The Morgan fingerprint density at radius 2 is 2.00 bits per heavy atom. The minimum Gasteiger partial charge on any atom is -0.396 e. The summed E-state index contributed by atoms with van der Waals surface area (Å²) >= 11 is 0. The lowest BCUT2D eigenvalue weighted by Gasteiger charge is -2.43. The molecule has 0 spiro atoms. The predicted octanol–water partition coefficient (Wildman–Crippen LogP) is 3.04. The number of hydrogen-bond acceptors (Lipinski definition) is 2. The second kappa shape index (κ2) is 4.65. The van der Waals surface area contributed by atoms with Gasteiger partial charge in [-0.25, -0.2) is 0 Å². The molecule has 0 heterocycles. The first kappa shape index (κ1) is 12.7. The third kappa shape index (κ3) is 2.60. The van der Waals surface area contributed by atoms with Crippen molar-refractivity contribution < 1.29 is 5.11 Å². The van der Waals surface area contributed by atoms with Crippen LogP contribution in [0.5, 0.6) is 0 Å². The fourth-order valence-electron chi connectivity index (χ4n) is 2.72. The Morgan fingerprint density at radius 1 is 1.33 bits per heavy atom. The quantitative estimate of drug-likeness (QED) is 0.552. The van der Waals surface area contributed by atoms with Crippen molar-refractivity contribution in [1.29, 1.82) is 0 Å². The molecule has 0 amide bonds. The molecule has 1 rings (SSSR count). The number of aliphatic hydroxyl groups is 1. The summed E-state index contributed by atoms with van der Waals surface area (Å²) in [5.41, 5.74) is 0.268. The van der Waals surface area contributed by atoms with E-state index in [0.717, 1.165) is 25.7 Å². The molecule has 0 radical (unpaired) electrons. The van der Waals surface area contributed by atoms with Crippen LogP contribution in [0.25, 0.3) is 0 Å². The van der Waals surface area contributed by atoms with E-state index in [9.17, 15) is 5.11 Å². The summed E-state index contributed by atoms with van der Waals surface area (Å²) in [5.74, 6) is 0. The lowest BCUT2D eigenvalue weighted by atomic mass is 9.63. The summed E-state index contributed by atoms with van der Waals surface area (Å²) < 4.78 is 0. The fraction of sp³-hybridized carbons (Fsp3) is 0.923. The highest BCUT2D eigenvalue weighted by molar-refractivity contribution is 5.24. The van der Waals surface area contributed by atoms with E-state index in [0.29, 0.717) is 12.6 Å². The SMILES string of the molecule is C=NC1CCCC(CO)(C(C)(C)C)CC1. The summed E-state index contributed by atoms with van der Waals surface area (Å²) in [6, 6.07) is 0.417. The second-order valence-electron chi connectivity index (χ2n) is 5.96. The lowest BCUT2D eigenvalue weighted by Crippen LogP contribution is -2.38. The molecule has 2 unspecified atom stereocenters. The van der Waals surface area contributed by atoms with Crippen LogP contribution in [-0.4, -0.2) is 24.5 Å². The van der Waals surface area contributed by atoms with Crippen molar-refractivity contribution in [3.05, 3.63) is 0 Å². The van der Waals surface area contributed by atoms with Crippen LogP contribution in [0.3, 0.4) is 0 Å². The lowest BCUT2D eigenvalue weighted by molar-refractivity contribution is 0.000676. The van der Waals surface area contributed by atoms with E-state index in [1.54, 1.807) is 0 Å². The maximum Gasteiger partial charge on any atom is 0.0492 e. The summed E-state index contributed by atoms with van der Waals surface area (Å²) in [6.07, 6.45) is 5.60. The van der Waals surface area contributed by atoms with Gasteiger partial charge < -0.3 is 5.11 Å². The Morgan fingerprint density at radius 3 is 2.47 bits per heavy atom. The normalized spacial score (nSPS) is 33.5.